The van der Waals surface area contributed by atoms with Gasteiger partial charge in [-0.25, -0.2) is 4.68 Å². The zero-order valence-corrected chi connectivity index (χ0v) is 14.5. The van der Waals surface area contributed by atoms with Gasteiger partial charge in [0.05, 0.1) is 19.3 Å². The van der Waals surface area contributed by atoms with E-state index in [0.29, 0.717) is 24.7 Å². The summed E-state index contributed by atoms with van der Waals surface area (Å²) in [4.78, 5) is 27.3. The molecule has 1 aromatic carbocycles. The van der Waals surface area contributed by atoms with Crippen LogP contribution in [0.4, 0.5) is 0 Å². The van der Waals surface area contributed by atoms with E-state index in [1.165, 1.54) is 4.68 Å². The van der Waals surface area contributed by atoms with Crippen LogP contribution < -0.4 is 15.6 Å². The topological polar surface area (TPSA) is 89.0 Å². The van der Waals surface area contributed by atoms with Gasteiger partial charge in [0.2, 0.25) is 0 Å². The van der Waals surface area contributed by atoms with Crippen molar-refractivity contribution < 1.29 is 9.53 Å². The smallest absolute Gasteiger partial charge is 0.267 e. The number of ether oxygens (including phenoxy) is 1. The van der Waals surface area contributed by atoms with Crippen LogP contribution in [0.1, 0.15) is 34.9 Å². The molecule has 7 nitrogen and oxygen atoms in total. The average Bonchev–Trinajstić information content (AvgIpc) is 3.41. The minimum Gasteiger partial charge on any atom is -0.497 e. The van der Waals surface area contributed by atoms with Crippen LogP contribution in [0, 0.1) is 0 Å². The van der Waals surface area contributed by atoms with E-state index in [9.17, 15) is 9.59 Å². The summed E-state index contributed by atoms with van der Waals surface area (Å²) in [5.74, 6) is 0.999. The Kier molecular flexibility index (Phi) is 4.20. The van der Waals surface area contributed by atoms with Gasteiger partial charge in [-0.05, 0) is 37.1 Å². The summed E-state index contributed by atoms with van der Waals surface area (Å²) in [6.07, 6.45) is 2.26. The van der Waals surface area contributed by atoms with Crippen LogP contribution in [0.5, 0.6) is 5.75 Å². The zero-order chi connectivity index (χ0) is 18.1. The summed E-state index contributed by atoms with van der Waals surface area (Å²) >= 11 is 0. The van der Waals surface area contributed by atoms with Gasteiger partial charge in [-0.1, -0.05) is 0 Å². The number of nitrogens with one attached hydrogen (secondary N) is 2. The van der Waals surface area contributed by atoms with Crippen molar-refractivity contribution in [1.82, 2.24) is 20.1 Å². The molecule has 0 saturated heterocycles. The highest BCUT2D eigenvalue weighted by atomic mass is 16.5. The van der Waals surface area contributed by atoms with E-state index >= 15 is 0 Å². The number of hydrogen-bond donors (Lipinski definition) is 2. The van der Waals surface area contributed by atoms with E-state index in [0.717, 1.165) is 35.2 Å². The molecule has 26 heavy (non-hydrogen) atoms. The van der Waals surface area contributed by atoms with E-state index in [1.807, 2.05) is 18.2 Å². The van der Waals surface area contributed by atoms with Gasteiger partial charge >= 0.3 is 0 Å². The molecular weight excluding hydrogens is 332 g/mol. The lowest BCUT2D eigenvalue weighted by Crippen LogP contribution is -2.32. The summed E-state index contributed by atoms with van der Waals surface area (Å²) in [5, 5.41) is 8.15. The molecule has 0 unspecified atom stereocenters. The molecule has 0 aliphatic heterocycles. The monoisotopic (exact) mass is 352 g/mol. The minimum atomic E-state index is -0.216. The first-order valence-electron chi connectivity index (χ1n) is 8.67. The molecule has 2 heterocycles. The molecule has 0 spiro atoms. The Balaban J connectivity index is 1.41. The average molecular weight is 352 g/mol. The number of nitrogens with zero attached hydrogens (tertiary/aromatic N) is 2. The highest BCUT2D eigenvalue weighted by molar-refractivity contribution is 5.98. The maximum absolute atomic E-state index is 12.3. The van der Waals surface area contributed by atoms with Gasteiger partial charge in [-0.2, -0.15) is 5.10 Å². The summed E-state index contributed by atoms with van der Waals surface area (Å²) in [6, 6.07) is 10.7. The predicted octanol–water partition coefficient (Wildman–Crippen LogP) is 2.04. The lowest BCUT2D eigenvalue weighted by molar-refractivity contribution is 0.0947. The molecule has 2 N–H and O–H groups in total. The molecule has 1 amide bonds. The number of amides is 1. The normalized spacial score (nSPS) is 13.7. The van der Waals surface area contributed by atoms with Crippen LogP contribution in [0.2, 0.25) is 0 Å². The molecular formula is C19H20N4O3. The van der Waals surface area contributed by atoms with Crippen LogP contribution in [0.25, 0.3) is 10.9 Å². The largest absolute Gasteiger partial charge is 0.497 e. The van der Waals surface area contributed by atoms with Crippen molar-refractivity contribution in [3.63, 3.8) is 0 Å². The van der Waals surface area contributed by atoms with Crippen molar-refractivity contribution in [3.8, 4) is 5.75 Å². The van der Waals surface area contributed by atoms with E-state index in [-0.39, 0.29) is 11.5 Å². The second-order valence-corrected chi connectivity index (χ2v) is 6.49. The fourth-order valence-corrected chi connectivity index (χ4v) is 2.95. The van der Waals surface area contributed by atoms with Crippen molar-refractivity contribution in [2.24, 2.45) is 0 Å². The van der Waals surface area contributed by atoms with Crippen LogP contribution >= 0.6 is 0 Å². The van der Waals surface area contributed by atoms with Gasteiger partial charge in [0.1, 0.15) is 11.4 Å². The van der Waals surface area contributed by atoms with Gasteiger partial charge in [0, 0.05) is 35.5 Å². The number of carbonyl (C=O) groups is 1. The van der Waals surface area contributed by atoms with Crippen LogP contribution in [-0.2, 0) is 6.54 Å². The van der Waals surface area contributed by atoms with E-state index in [2.05, 4.69) is 15.4 Å². The second kappa shape index (κ2) is 6.67. The molecule has 1 aliphatic carbocycles. The summed E-state index contributed by atoms with van der Waals surface area (Å²) in [5.41, 5.74) is 2.12. The standard InChI is InChI=1S/C19H20N4O3/c1-26-14-5-4-13-10-17(21-16(13)11-14)19(25)20-8-9-23-18(24)7-6-15(22-23)12-2-3-12/h4-7,10-12,21H,2-3,8-9H2,1H3,(H,20,25). The van der Waals surface area contributed by atoms with Crippen molar-refractivity contribution in [1.29, 1.82) is 0 Å². The zero-order valence-electron chi connectivity index (χ0n) is 14.5. The molecule has 1 aliphatic rings. The molecule has 2 aromatic heterocycles. The molecule has 1 saturated carbocycles. The molecule has 0 atom stereocenters. The Morgan fingerprint density at radius 3 is 2.92 bits per heavy atom. The second-order valence-electron chi connectivity index (χ2n) is 6.49. The number of hydrogen-bond acceptors (Lipinski definition) is 4. The number of methoxy groups -OCH3 is 1. The Morgan fingerprint density at radius 1 is 1.31 bits per heavy atom. The quantitative estimate of drug-likeness (QED) is 0.710. The summed E-state index contributed by atoms with van der Waals surface area (Å²) < 4.78 is 6.61. The molecule has 1 fully saturated rings. The Labute approximate surface area is 150 Å². The predicted molar refractivity (Wildman–Crippen MR) is 97.7 cm³/mol. The van der Waals surface area contributed by atoms with Crippen molar-refractivity contribution in [3.05, 3.63) is 58.1 Å². The number of H-pyrrole nitrogens is 1. The van der Waals surface area contributed by atoms with E-state index < -0.39 is 0 Å². The van der Waals surface area contributed by atoms with Crippen LogP contribution in [0.15, 0.2) is 41.2 Å². The van der Waals surface area contributed by atoms with Crippen LogP contribution in [-0.4, -0.2) is 34.3 Å². The lowest BCUT2D eigenvalue weighted by Gasteiger charge is -2.07. The number of aromatic nitrogens is 3. The lowest BCUT2D eigenvalue weighted by atomic mass is 10.2. The molecule has 3 aromatic rings. The summed E-state index contributed by atoms with van der Waals surface area (Å²) in [7, 11) is 1.60. The number of fused-ring (bicyclic) bond motifs is 1. The summed E-state index contributed by atoms with van der Waals surface area (Å²) in [6.45, 7) is 0.678. The molecule has 134 valence electrons. The third-order valence-electron chi connectivity index (χ3n) is 4.57. The number of benzene rings is 1. The Morgan fingerprint density at radius 2 is 2.15 bits per heavy atom. The fourth-order valence-electron chi connectivity index (χ4n) is 2.95. The third-order valence-corrected chi connectivity index (χ3v) is 4.57. The van der Waals surface area contributed by atoms with Crippen LogP contribution in [0.3, 0.4) is 0 Å². The van der Waals surface area contributed by atoms with Gasteiger partial charge < -0.3 is 15.0 Å². The van der Waals surface area contributed by atoms with Crippen molar-refractivity contribution in [2.75, 3.05) is 13.7 Å². The molecule has 0 radical (unpaired) electrons. The number of rotatable bonds is 6. The van der Waals surface area contributed by atoms with Gasteiger partial charge in [-0.15, -0.1) is 0 Å². The minimum absolute atomic E-state index is 0.152. The third kappa shape index (κ3) is 3.33. The van der Waals surface area contributed by atoms with Gasteiger partial charge in [-0.3, -0.25) is 9.59 Å². The van der Waals surface area contributed by atoms with E-state index in [1.54, 1.807) is 25.3 Å². The van der Waals surface area contributed by atoms with Gasteiger partial charge in [0.15, 0.2) is 0 Å². The Bertz CT molecular complexity index is 1020. The maximum atomic E-state index is 12.3. The molecule has 4 rings (SSSR count). The first-order valence-corrected chi connectivity index (χ1v) is 8.67. The van der Waals surface area contributed by atoms with Crippen molar-refractivity contribution in [2.45, 2.75) is 25.3 Å². The number of carbonyl (C=O) groups excluding carboxylic acids is 1. The molecule has 0 bridgehead atoms. The first-order chi connectivity index (χ1) is 12.6. The SMILES string of the molecule is COc1ccc2cc(C(=O)NCCn3nc(C4CC4)ccc3=O)[nH]c2c1. The Hall–Kier alpha value is -3.09. The maximum Gasteiger partial charge on any atom is 0.267 e. The highest BCUT2D eigenvalue weighted by Crippen LogP contribution is 2.38. The first kappa shape index (κ1) is 16.4. The van der Waals surface area contributed by atoms with Gasteiger partial charge in [0.25, 0.3) is 11.5 Å². The number of aromatic amines is 1. The highest BCUT2D eigenvalue weighted by Gasteiger charge is 2.25. The molecule has 7 heteroatoms. The van der Waals surface area contributed by atoms with E-state index in [4.69, 9.17) is 4.74 Å². The van der Waals surface area contributed by atoms with Crippen molar-refractivity contribution >= 4 is 16.8 Å². The fraction of sp³-hybridized carbons (Fsp3) is 0.316.